The fraction of sp³-hybridized carbons (Fsp3) is 0.448. The molecule has 1 aliphatic rings. The first kappa shape index (κ1) is 25.9. The first-order valence-corrected chi connectivity index (χ1v) is 12.9. The lowest BCUT2D eigenvalue weighted by atomic mass is 9.92. The molecule has 3 aromatic rings. The van der Waals surface area contributed by atoms with Crippen molar-refractivity contribution < 1.29 is 19.2 Å². The lowest BCUT2D eigenvalue weighted by molar-refractivity contribution is -0.133. The minimum absolute atomic E-state index is 0.207. The van der Waals surface area contributed by atoms with Gasteiger partial charge in [0.2, 0.25) is 5.91 Å². The van der Waals surface area contributed by atoms with Crippen LogP contribution in [0.1, 0.15) is 48.8 Å². The molecule has 2 heterocycles. The van der Waals surface area contributed by atoms with Crippen LogP contribution >= 0.6 is 0 Å². The fourth-order valence-corrected chi connectivity index (χ4v) is 4.93. The van der Waals surface area contributed by atoms with E-state index in [-0.39, 0.29) is 6.42 Å². The van der Waals surface area contributed by atoms with Gasteiger partial charge < -0.3 is 9.15 Å². The predicted octanol–water partition coefficient (Wildman–Crippen LogP) is 4.65. The van der Waals surface area contributed by atoms with Gasteiger partial charge in [-0.1, -0.05) is 30.2 Å². The van der Waals surface area contributed by atoms with Gasteiger partial charge in [-0.15, -0.1) is 0 Å². The Morgan fingerprint density at radius 3 is 2.78 bits per heavy atom. The molecule has 2 N–H and O–H groups in total. The highest BCUT2D eigenvalue weighted by atomic mass is 16.5. The summed E-state index contributed by atoms with van der Waals surface area (Å²) in [6.45, 7) is 5.92. The van der Waals surface area contributed by atoms with Crippen LogP contribution in [0, 0.1) is 12.8 Å². The summed E-state index contributed by atoms with van der Waals surface area (Å²) in [4.78, 5) is 27.3. The summed E-state index contributed by atoms with van der Waals surface area (Å²) in [5, 5.41) is 10.1. The van der Waals surface area contributed by atoms with Gasteiger partial charge in [0.05, 0.1) is 0 Å². The molecule has 4 rings (SSSR count). The van der Waals surface area contributed by atoms with E-state index in [1.54, 1.807) is 17.6 Å². The third-order valence-electron chi connectivity index (χ3n) is 6.95. The second-order valence-electron chi connectivity index (χ2n) is 9.77. The Hall–Kier alpha value is -3.16. The van der Waals surface area contributed by atoms with Gasteiger partial charge >= 0.3 is 5.63 Å². The van der Waals surface area contributed by atoms with Gasteiger partial charge in [-0.05, 0) is 94.4 Å². The highest BCUT2D eigenvalue weighted by Crippen LogP contribution is 2.21. The molecule has 0 bridgehead atoms. The van der Waals surface area contributed by atoms with Crippen LogP contribution in [-0.4, -0.2) is 42.3 Å². The summed E-state index contributed by atoms with van der Waals surface area (Å²) >= 11 is 0. The molecule has 0 saturated carbocycles. The van der Waals surface area contributed by atoms with Crippen LogP contribution in [0.15, 0.2) is 57.7 Å². The quantitative estimate of drug-likeness (QED) is 0.230. The first-order chi connectivity index (χ1) is 17.5. The number of hydrogen-bond donors (Lipinski definition) is 2. The largest absolute Gasteiger partial charge is 0.492 e. The standard InChI is InChI=1S/C29H36N2O5/c1-21-11-12-27-24(17-21)20-25(29(33)36-27)19-23(28(32)30-34)9-5-7-22-8-6-10-26(18-22)35-16-15-31-13-3-2-4-14-31/h6,8,10-12,17-18,20,23,34H,2-5,7,9,13-16,19H2,1H3,(H,30,32). The summed E-state index contributed by atoms with van der Waals surface area (Å²) in [7, 11) is 0. The Balaban J connectivity index is 1.33. The molecule has 1 atom stereocenters. The highest BCUT2D eigenvalue weighted by Gasteiger charge is 2.21. The van der Waals surface area contributed by atoms with E-state index in [2.05, 4.69) is 17.0 Å². The van der Waals surface area contributed by atoms with Crippen molar-refractivity contribution in [1.29, 1.82) is 0 Å². The number of benzene rings is 2. The van der Waals surface area contributed by atoms with Crippen LogP contribution in [-0.2, 0) is 17.6 Å². The smallest absolute Gasteiger partial charge is 0.339 e. The first-order valence-electron chi connectivity index (χ1n) is 12.9. The zero-order chi connectivity index (χ0) is 25.3. The molecule has 0 radical (unpaired) electrons. The average Bonchev–Trinajstić information content (AvgIpc) is 2.89. The number of fused-ring (bicyclic) bond motifs is 1. The Morgan fingerprint density at radius 2 is 1.97 bits per heavy atom. The predicted molar refractivity (Wildman–Crippen MR) is 140 cm³/mol. The minimum atomic E-state index is -0.538. The van der Waals surface area contributed by atoms with E-state index < -0.39 is 17.5 Å². The molecule has 36 heavy (non-hydrogen) atoms. The van der Waals surface area contributed by atoms with Gasteiger partial charge in [0.15, 0.2) is 0 Å². The number of carbonyl (C=O) groups excluding carboxylic acids is 1. The molecule has 0 aliphatic carbocycles. The molecule has 192 valence electrons. The molecule has 7 nitrogen and oxygen atoms in total. The van der Waals surface area contributed by atoms with Crippen molar-refractivity contribution in [1.82, 2.24) is 10.4 Å². The normalized spacial score (nSPS) is 15.1. The van der Waals surface area contributed by atoms with Crippen molar-refractivity contribution in [3.8, 4) is 5.75 Å². The average molecular weight is 493 g/mol. The molecule has 1 aliphatic heterocycles. The zero-order valence-electron chi connectivity index (χ0n) is 21.0. The molecular weight excluding hydrogens is 456 g/mol. The maximum Gasteiger partial charge on any atom is 0.339 e. The van der Waals surface area contributed by atoms with Crippen molar-refractivity contribution in [2.45, 2.75) is 51.9 Å². The van der Waals surface area contributed by atoms with Crippen molar-refractivity contribution in [2.24, 2.45) is 5.92 Å². The third kappa shape index (κ3) is 7.18. The summed E-state index contributed by atoms with van der Waals surface area (Å²) in [6.07, 6.45) is 6.11. The Bertz CT molecular complexity index is 1220. The van der Waals surface area contributed by atoms with Crippen LogP contribution in [0.25, 0.3) is 11.0 Å². The van der Waals surface area contributed by atoms with Crippen LogP contribution < -0.4 is 15.8 Å². The molecule has 0 spiro atoms. The number of aryl methyl sites for hydroxylation is 2. The summed E-state index contributed by atoms with van der Waals surface area (Å²) in [5.74, 6) is -0.170. The SMILES string of the molecule is Cc1ccc2oc(=O)c(CC(CCCc3cccc(OCCN4CCCCC4)c3)C(=O)NO)cc2c1. The fourth-order valence-electron chi connectivity index (χ4n) is 4.93. The topological polar surface area (TPSA) is 92.0 Å². The van der Waals surface area contributed by atoms with E-state index in [4.69, 9.17) is 9.15 Å². The van der Waals surface area contributed by atoms with Crippen LogP contribution in [0.4, 0.5) is 0 Å². The Labute approximate surface area is 212 Å². The van der Waals surface area contributed by atoms with Gasteiger partial charge in [0.25, 0.3) is 0 Å². The number of rotatable bonds is 11. The summed E-state index contributed by atoms with van der Waals surface area (Å²) in [6, 6.07) is 15.5. The minimum Gasteiger partial charge on any atom is -0.492 e. The number of ether oxygens (including phenoxy) is 1. The number of piperidine rings is 1. The lowest BCUT2D eigenvalue weighted by Gasteiger charge is -2.26. The van der Waals surface area contributed by atoms with Crippen LogP contribution in [0.5, 0.6) is 5.75 Å². The molecule has 7 heteroatoms. The van der Waals surface area contributed by atoms with Gasteiger partial charge in [0, 0.05) is 23.4 Å². The molecule has 1 fully saturated rings. The molecule has 1 aromatic heterocycles. The third-order valence-corrected chi connectivity index (χ3v) is 6.95. The number of nitrogens with one attached hydrogen (secondary N) is 1. The van der Waals surface area contributed by atoms with Gasteiger partial charge in [0.1, 0.15) is 17.9 Å². The van der Waals surface area contributed by atoms with Gasteiger partial charge in [-0.25, -0.2) is 10.3 Å². The number of carbonyl (C=O) groups is 1. The van der Waals surface area contributed by atoms with E-state index in [9.17, 15) is 14.8 Å². The van der Waals surface area contributed by atoms with E-state index in [1.807, 2.05) is 31.2 Å². The maximum atomic E-state index is 12.5. The maximum absolute atomic E-state index is 12.5. The lowest BCUT2D eigenvalue weighted by Crippen LogP contribution is -2.33. The number of likely N-dealkylation sites (tertiary alicyclic amines) is 1. The van der Waals surface area contributed by atoms with E-state index in [1.165, 1.54) is 19.3 Å². The van der Waals surface area contributed by atoms with E-state index in [0.717, 1.165) is 54.7 Å². The monoisotopic (exact) mass is 492 g/mol. The van der Waals surface area contributed by atoms with Gasteiger partial charge in [-0.2, -0.15) is 0 Å². The number of hydroxylamine groups is 1. The molecule has 1 amide bonds. The highest BCUT2D eigenvalue weighted by molar-refractivity contribution is 5.79. The van der Waals surface area contributed by atoms with E-state index in [0.29, 0.717) is 24.2 Å². The van der Waals surface area contributed by atoms with Crippen molar-refractivity contribution >= 4 is 16.9 Å². The molecular formula is C29H36N2O5. The van der Waals surface area contributed by atoms with Crippen LogP contribution in [0.3, 0.4) is 0 Å². The van der Waals surface area contributed by atoms with E-state index >= 15 is 0 Å². The second kappa shape index (κ2) is 12.7. The number of hydrogen-bond acceptors (Lipinski definition) is 6. The molecule has 1 saturated heterocycles. The van der Waals surface area contributed by atoms with Gasteiger partial charge in [-0.3, -0.25) is 14.9 Å². The molecule has 1 unspecified atom stereocenters. The molecule has 2 aromatic carbocycles. The zero-order valence-corrected chi connectivity index (χ0v) is 21.0. The second-order valence-corrected chi connectivity index (χ2v) is 9.77. The summed E-state index contributed by atoms with van der Waals surface area (Å²) in [5.41, 5.74) is 4.47. The van der Waals surface area contributed by atoms with Crippen molar-refractivity contribution in [3.63, 3.8) is 0 Å². The number of amides is 1. The van der Waals surface area contributed by atoms with Crippen molar-refractivity contribution in [2.75, 3.05) is 26.2 Å². The van der Waals surface area contributed by atoms with Crippen molar-refractivity contribution in [3.05, 3.63) is 75.6 Å². The number of nitrogens with zero attached hydrogens (tertiary/aromatic N) is 1. The Kier molecular flexibility index (Phi) is 9.14. The van der Waals surface area contributed by atoms with Crippen LogP contribution in [0.2, 0.25) is 0 Å². The Morgan fingerprint density at radius 1 is 1.14 bits per heavy atom. The summed E-state index contributed by atoms with van der Waals surface area (Å²) < 4.78 is 11.4.